The average molecular weight is 406 g/mol. The van der Waals surface area contributed by atoms with Crippen LogP contribution in [-0.2, 0) is 22.1 Å². The number of benzene rings is 1. The number of ether oxygens (including phenoxy) is 1. The van der Waals surface area contributed by atoms with E-state index >= 15 is 0 Å². The van der Waals surface area contributed by atoms with Gasteiger partial charge in [0, 0.05) is 12.5 Å². The standard InChI is InChI=1S/C20H18F3N3O3/c21-20(22,23)14-5-6-17(24-12-14)25-7-9-26(10-8-25)18(27)16-11-13-3-1-2-4-15(13)19(28)29-16/h1-6,12,16H,7-11H2/p+1/t16-/m0/s1. The SMILES string of the molecule is O=C1O[C@H](C(=O)N2CCN(c3ccc(C(F)(F)F)c[nH+]3)CC2)Cc2ccccc21. The van der Waals surface area contributed by atoms with Crippen molar-refractivity contribution in [2.75, 3.05) is 31.1 Å². The number of anilines is 1. The summed E-state index contributed by atoms with van der Waals surface area (Å²) in [6.07, 6.45) is -3.96. The van der Waals surface area contributed by atoms with Crippen LogP contribution in [-0.4, -0.2) is 49.1 Å². The number of aromatic nitrogens is 1. The number of H-pyrrole nitrogens is 1. The van der Waals surface area contributed by atoms with Crippen molar-refractivity contribution in [2.45, 2.75) is 18.7 Å². The Morgan fingerprint density at radius 2 is 1.79 bits per heavy atom. The largest absolute Gasteiger partial charge is 0.448 e. The smallest absolute Gasteiger partial charge is 0.419 e. The second-order valence-electron chi connectivity index (χ2n) is 7.03. The third-order valence-electron chi connectivity index (χ3n) is 5.22. The highest BCUT2D eigenvalue weighted by Gasteiger charge is 2.36. The summed E-state index contributed by atoms with van der Waals surface area (Å²) >= 11 is 0. The highest BCUT2D eigenvalue weighted by molar-refractivity contribution is 5.95. The summed E-state index contributed by atoms with van der Waals surface area (Å²) in [4.78, 5) is 31.1. The Labute approximate surface area is 164 Å². The lowest BCUT2D eigenvalue weighted by molar-refractivity contribution is -0.367. The topological polar surface area (TPSA) is 64.0 Å². The third kappa shape index (κ3) is 3.90. The third-order valence-corrected chi connectivity index (χ3v) is 5.22. The minimum absolute atomic E-state index is 0.246. The molecule has 1 aromatic heterocycles. The van der Waals surface area contributed by atoms with Crippen LogP contribution in [0, 0.1) is 0 Å². The second kappa shape index (κ2) is 7.38. The van der Waals surface area contributed by atoms with Crippen LogP contribution in [0.15, 0.2) is 42.6 Å². The minimum atomic E-state index is -4.39. The fraction of sp³-hybridized carbons (Fsp3) is 0.350. The van der Waals surface area contributed by atoms with E-state index in [4.69, 9.17) is 4.74 Å². The highest BCUT2D eigenvalue weighted by Crippen LogP contribution is 2.28. The van der Waals surface area contributed by atoms with Gasteiger partial charge in [-0.15, -0.1) is 0 Å². The number of halogens is 3. The highest BCUT2D eigenvalue weighted by atomic mass is 19.4. The molecule has 0 radical (unpaired) electrons. The summed E-state index contributed by atoms with van der Waals surface area (Å²) in [7, 11) is 0. The summed E-state index contributed by atoms with van der Waals surface area (Å²) in [5.74, 6) is -0.185. The molecule has 0 spiro atoms. The molecule has 0 unspecified atom stereocenters. The van der Waals surface area contributed by atoms with Crippen LogP contribution in [0.25, 0.3) is 0 Å². The molecule has 2 aromatic rings. The van der Waals surface area contributed by atoms with Crippen molar-refractivity contribution in [1.29, 1.82) is 0 Å². The number of fused-ring (bicyclic) bond motifs is 1. The number of nitrogens with zero attached hydrogens (tertiary/aromatic N) is 2. The molecule has 2 aliphatic heterocycles. The molecule has 29 heavy (non-hydrogen) atoms. The molecule has 2 aliphatic rings. The van der Waals surface area contributed by atoms with Crippen LogP contribution < -0.4 is 9.88 Å². The lowest BCUT2D eigenvalue weighted by Crippen LogP contribution is -2.54. The summed E-state index contributed by atoms with van der Waals surface area (Å²) in [6, 6.07) is 9.48. The number of carbonyl (C=O) groups is 2. The van der Waals surface area contributed by atoms with E-state index in [0.717, 1.165) is 17.8 Å². The number of hydrogen-bond acceptors (Lipinski definition) is 4. The summed E-state index contributed by atoms with van der Waals surface area (Å²) in [6.45, 7) is 1.71. The minimum Gasteiger partial charge on any atom is -0.448 e. The quantitative estimate of drug-likeness (QED) is 0.716. The first-order valence-electron chi connectivity index (χ1n) is 9.24. The molecular formula is C20H19F3N3O3+. The maximum absolute atomic E-state index is 12.8. The molecule has 1 amide bonds. The van der Waals surface area contributed by atoms with Crippen molar-refractivity contribution >= 4 is 17.7 Å². The number of aromatic amines is 1. The van der Waals surface area contributed by atoms with Gasteiger partial charge < -0.3 is 9.64 Å². The molecule has 0 saturated carbocycles. The van der Waals surface area contributed by atoms with Crippen molar-refractivity contribution in [3.8, 4) is 0 Å². The molecule has 1 atom stereocenters. The molecule has 3 heterocycles. The molecular weight excluding hydrogens is 387 g/mol. The maximum atomic E-state index is 12.8. The van der Waals surface area contributed by atoms with Gasteiger partial charge in [-0.3, -0.25) is 9.69 Å². The van der Waals surface area contributed by atoms with Crippen LogP contribution >= 0.6 is 0 Å². The van der Waals surface area contributed by atoms with Gasteiger partial charge in [-0.05, 0) is 17.7 Å². The number of nitrogens with one attached hydrogen (secondary N) is 1. The van der Waals surface area contributed by atoms with Crippen molar-refractivity contribution < 1.29 is 32.5 Å². The van der Waals surface area contributed by atoms with Gasteiger partial charge in [-0.2, -0.15) is 13.2 Å². The first-order valence-corrected chi connectivity index (χ1v) is 9.24. The fourth-order valence-electron chi connectivity index (χ4n) is 3.63. The number of pyridine rings is 1. The number of esters is 1. The summed E-state index contributed by atoms with van der Waals surface area (Å²) < 4.78 is 43.4. The zero-order valence-corrected chi connectivity index (χ0v) is 15.4. The maximum Gasteiger partial charge on any atom is 0.419 e. The van der Waals surface area contributed by atoms with Crippen LogP contribution in [0.3, 0.4) is 0 Å². The van der Waals surface area contributed by atoms with Gasteiger partial charge in [0.25, 0.3) is 11.7 Å². The first kappa shape index (κ1) is 19.2. The molecule has 152 valence electrons. The molecule has 4 rings (SSSR count). The Kier molecular flexibility index (Phi) is 4.89. The molecule has 1 fully saturated rings. The van der Waals surface area contributed by atoms with Gasteiger partial charge >= 0.3 is 12.1 Å². The van der Waals surface area contributed by atoms with Gasteiger partial charge in [0.05, 0.1) is 24.2 Å². The van der Waals surface area contributed by atoms with E-state index in [-0.39, 0.29) is 5.91 Å². The van der Waals surface area contributed by atoms with Crippen LogP contribution in [0.2, 0.25) is 0 Å². The molecule has 0 bridgehead atoms. The monoisotopic (exact) mass is 406 g/mol. The molecule has 1 saturated heterocycles. The summed E-state index contributed by atoms with van der Waals surface area (Å²) in [5.41, 5.74) is 0.536. The lowest BCUT2D eigenvalue weighted by atomic mass is 9.98. The predicted octanol–water partition coefficient (Wildman–Crippen LogP) is 1.95. The Morgan fingerprint density at radius 1 is 1.07 bits per heavy atom. The van der Waals surface area contributed by atoms with Gasteiger partial charge in [0.2, 0.25) is 0 Å². The van der Waals surface area contributed by atoms with Crippen LogP contribution in [0.5, 0.6) is 0 Å². The van der Waals surface area contributed by atoms with Crippen molar-refractivity contribution in [3.05, 3.63) is 59.3 Å². The van der Waals surface area contributed by atoms with Crippen molar-refractivity contribution in [3.63, 3.8) is 0 Å². The Morgan fingerprint density at radius 3 is 2.45 bits per heavy atom. The van der Waals surface area contributed by atoms with Crippen molar-refractivity contribution in [2.24, 2.45) is 0 Å². The van der Waals surface area contributed by atoms with E-state index < -0.39 is 23.8 Å². The average Bonchev–Trinajstić information content (AvgIpc) is 2.73. The van der Waals surface area contributed by atoms with E-state index in [0.29, 0.717) is 44.0 Å². The van der Waals surface area contributed by atoms with E-state index in [9.17, 15) is 22.8 Å². The van der Waals surface area contributed by atoms with Crippen molar-refractivity contribution in [1.82, 2.24) is 4.90 Å². The summed E-state index contributed by atoms with van der Waals surface area (Å²) in [5, 5.41) is 0. The molecule has 1 N–H and O–H groups in total. The van der Waals surface area contributed by atoms with Gasteiger partial charge in [-0.1, -0.05) is 18.2 Å². The van der Waals surface area contributed by atoms with E-state index in [2.05, 4.69) is 4.98 Å². The Balaban J connectivity index is 1.37. The normalized spacial score (nSPS) is 19.6. The zero-order chi connectivity index (χ0) is 20.6. The number of amides is 1. The van der Waals surface area contributed by atoms with Crippen LogP contribution in [0.4, 0.5) is 19.0 Å². The van der Waals surface area contributed by atoms with Crippen LogP contribution in [0.1, 0.15) is 21.5 Å². The van der Waals surface area contributed by atoms with E-state index in [1.807, 2.05) is 17.0 Å². The number of hydrogen-bond donors (Lipinski definition) is 0. The zero-order valence-electron chi connectivity index (χ0n) is 15.4. The Hall–Kier alpha value is -3.10. The number of rotatable bonds is 2. The number of carbonyl (C=O) groups excluding carboxylic acids is 2. The van der Waals surface area contributed by atoms with E-state index in [1.165, 1.54) is 6.07 Å². The molecule has 0 aliphatic carbocycles. The molecule has 1 aromatic carbocycles. The van der Waals surface area contributed by atoms with Gasteiger partial charge in [-0.25, -0.2) is 9.78 Å². The van der Waals surface area contributed by atoms with Gasteiger partial charge in [0.15, 0.2) is 6.10 Å². The number of piperazine rings is 1. The predicted molar refractivity (Wildman–Crippen MR) is 96.1 cm³/mol. The molecule has 9 heteroatoms. The van der Waals surface area contributed by atoms with E-state index in [1.54, 1.807) is 17.0 Å². The second-order valence-corrected chi connectivity index (χ2v) is 7.03. The number of alkyl halides is 3. The van der Waals surface area contributed by atoms with Gasteiger partial charge in [0.1, 0.15) is 19.3 Å². The Bertz CT molecular complexity index is 923. The number of cyclic esters (lactones) is 1. The first-order chi connectivity index (χ1) is 13.8. The fourth-order valence-corrected chi connectivity index (χ4v) is 3.63. The lowest BCUT2D eigenvalue weighted by Gasteiger charge is -2.34. The molecule has 6 nitrogen and oxygen atoms in total.